The maximum absolute atomic E-state index is 12.2. The van der Waals surface area contributed by atoms with Gasteiger partial charge < -0.3 is 10.1 Å². The Morgan fingerprint density at radius 2 is 2.00 bits per heavy atom. The van der Waals surface area contributed by atoms with Gasteiger partial charge in [0.15, 0.2) is 0 Å². The van der Waals surface area contributed by atoms with Crippen molar-refractivity contribution in [2.75, 3.05) is 12.4 Å². The smallest absolute Gasteiger partial charge is 0.225 e. The van der Waals surface area contributed by atoms with Gasteiger partial charge in [-0.15, -0.1) is 22.7 Å². The number of fused-ring (bicyclic) bond motifs is 1. The predicted molar refractivity (Wildman–Crippen MR) is 95.7 cm³/mol. The summed E-state index contributed by atoms with van der Waals surface area (Å²) in [6.07, 6.45) is 0.524. The van der Waals surface area contributed by atoms with Crippen LogP contribution in [0, 0.1) is 0 Å². The quantitative estimate of drug-likeness (QED) is 0.731. The second kappa shape index (κ2) is 5.83. The third kappa shape index (κ3) is 2.56. The van der Waals surface area contributed by atoms with Gasteiger partial charge in [-0.2, -0.15) is 0 Å². The third-order valence-corrected chi connectivity index (χ3v) is 6.16. The van der Waals surface area contributed by atoms with Crippen molar-refractivity contribution in [3.8, 4) is 16.9 Å². The molecule has 0 spiro atoms. The maximum Gasteiger partial charge on any atom is 0.225 e. The molecule has 3 aromatic rings. The SMILES string of the molecule is COc1ccc(-c2csc3c2NC(=O)C[C@H]3c2cccs2)cc1. The van der Waals surface area contributed by atoms with E-state index in [1.165, 1.54) is 9.75 Å². The second-order valence-electron chi connectivity index (χ2n) is 5.44. The molecule has 0 bridgehead atoms. The Kier molecular flexibility index (Phi) is 3.67. The predicted octanol–water partition coefficient (Wildman–Crippen LogP) is 4.96. The summed E-state index contributed by atoms with van der Waals surface area (Å²) in [6.45, 7) is 0. The number of hydrogen-bond acceptors (Lipinski definition) is 4. The molecule has 1 aromatic carbocycles. The molecule has 0 aliphatic carbocycles. The lowest BCUT2D eigenvalue weighted by molar-refractivity contribution is -0.116. The fraction of sp³-hybridized carbons (Fsp3) is 0.167. The van der Waals surface area contributed by atoms with Crippen LogP contribution >= 0.6 is 22.7 Å². The summed E-state index contributed by atoms with van der Waals surface area (Å²) in [5.74, 6) is 1.10. The fourth-order valence-electron chi connectivity index (χ4n) is 2.93. The molecule has 0 saturated carbocycles. The van der Waals surface area contributed by atoms with Crippen molar-refractivity contribution in [1.29, 1.82) is 0 Å². The van der Waals surface area contributed by atoms with E-state index >= 15 is 0 Å². The van der Waals surface area contributed by atoms with E-state index in [0.29, 0.717) is 6.42 Å². The van der Waals surface area contributed by atoms with Gasteiger partial charge in [-0.3, -0.25) is 4.79 Å². The van der Waals surface area contributed by atoms with Gasteiger partial charge in [-0.1, -0.05) is 18.2 Å². The second-order valence-corrected chi connectivity index (χ2v) is 7.33. The van der Waals surface area contributed by atoms with E-state index in [0.717, 1.165) is 22.6 Å². The maximum atomic E-state index is 12.2. The first-order valence-corrected chi connectivity index (χ1v) is 9.11. The molecule has 1 atom stereocenters. The largest absolute Gasteiger partial charge is 0.497 e. The number of benzene rings is 1. The van der Waals surface area contributed by atoms with E-state index in [1.54, 1.807) is 29.8 Å². The summed E-state index contributed by atoms with van der Waals surface area (Å²) in [5, 5.41) is 7.28. The normalized spacial score (nSPS) is 16.7. The van der Waals surface area contributed by atoms with Gasteiger partial charge in [0.2, 0.25) is 5.91 Å². The molecule has 3 nitrogen and oxygen atoms in total. The number of carbonyl (C=O) groups excluding carboxylic acids is 1. The summed E-state index contributed by atoms with van der Waals surface area (Å²) in [7, 11) is 1.66. The standard InChI is InChI=1S/C18H15NO2S2/c1-21-12-6-4-11(5-7-12)14-10-23-18-13(15-3-2-8-22-15)9-16(20)19-17(14)18/h2-8,10,13H,9H2,1H3,(H,19,20)/t13-/m0/s1. The molecular weight excluding hydrogens is 326 g/mol. The number of rotatable bonds is 3. The van der Waals surface area contributed by atoms with Crippen molar-refractivity contribution in [3.05, 3.63) is 56.9 Å². The molecule has 0 saturated heterocycles. The van der Waals surface area contributed by atoms with E-state index in [4.69, 9.17) is 4.74 Å². The summed E-state index contributed by atoms with van der Waals surface area (Å²) in [6, 6.07) is 12.1. The van der Waals surface area contributed by atoms with E-state index in [9.17, 15) is 4.79 Å². The molecular formula is C18H15NO2S2. The van der Waals surface area contributed by atoms with Gasteiger partial charge in [0.25, 0.3) is 0 Å². The molecule has 1 amide bonds. The average molecular weight is 341 g/mol. The number of ether oxygens (including phenoxy) is 1. The van der Waals surface area contributed by atoms with Gasteiger partial charge in [-0.25, -0.2) is 0 Å². The summed E-state index contributed by atoms with van der Waals surface area (Å²) in [5.41, 5.74) is 3.15. The van der Waals surface area contributed by atoms with E-state index in [2.05, 4.69) is 22.1 Å². The van der Waals surface area contributed by atoms with Crippen LogP contribution in [0.3, 0.4) is 0 Å². The fourth-order valence-corrected chi connectivity index (χ4v) is 4.99. The average Bonchev–Trinajstić information content (AvgIpc) is 3.24. The minimum absolute atomic E-state index is 0.0871. The van der Waals surface area contributed by atoms with Crippen LogP contribution in [-0.2, 0) is 4.79 Å². The van der Waals surface area contributed by atoms with Crippen LogP contribution in [0.4, 0.5) is 5.69 Å². The molecule has 1 N–H and O–H groups in total. The molecule has 1 aliphatic heterocycles. The number of methoxy groups -OCH3 is 1. The summed E-state index contributed by atoms with van der Waals surface area (Å²) in [4.78, 5) is 14.7. The zero-order valence-electron chi connectivity index (χ0n) is 12.5. The molecule has 4 rings (SSSR count). The minimum atomic E-state index is 0.0871. The van der Waals surface area contributed by atoms with Crippen molar-refractivity contribution in [2.24, 2.45) is 0 Å². The van der Waals surface area contributed by atoms with Gasteiger partial charge in [0.1, 0.15) is 5.75 Å². The molecule has 23 heavy (non-hydrogen) atoms. The third-order valence-electron chi connectivity index (χ3n) is 4.08. The van der Waals surface area contributed by atoms with Crippen LogP contribution in [0.2, 0.25) is 0 Å². The lowest BCUT2D eigenvalue weighted by Crippen LogP contribution is -2.21. The number of carbonyl (C=O) groups is 1. The number of thiophene rings is 2. The van der Waals surface area contributed by atoms with Gasteiger partial charge >= 0.3 is 0 Å². The number of anilines is 1. The molecule has 2 aromatic heterocycles. The van der Waals surface area contributed by atoms with Crippen molar-refractivity contribution in [3.63, 3.8) is 0 Å². The van der Waals surface area contributed by atoms with Crippen molar-refractivity contribution >= 4 is 34.3 Å². The molecule has 0 fully saturated rings. The lowest BCUT2D eigenvalue weighted by atomic mass is 9.94. The number of nitrogens with one attached hydrogen (secondary N) is 1. The Hall–Kier alpha value is -2.11. The monoisotopic (exact) mass is 341 g/mol. The molecule has 0 radical (unpaired) electrons. The van der Waals surface area contributed by atoms with Crippen molar-refractivity contribution in [2.45, 2.75) is 12.3 Å². The molecule has 1 aliphatic rings. The molecule has 3 heterocycles. The van der Waals surface area contributed by atoms with Crippen molar-refractivity contribution < 1.29 is 9.53 Å². The first-order chi connectivity index (χ1) is 11.3. The zero-order valence-corrected chi connectivity index (χ0v) is 14.2. The van der Waals surface area contributed by atoms with Crippen molar-refractivity contribution in [1.82, 2.24) is 0 Å². The molecule has 5 heteroatoms. The highest BCUT2D eigenvalue weighted by atomic mass is 32.1. The van der Waals surface area contributed by atoms with E-state index in [-0.39, 0.29) is 11.8 Å². The van der Waals surface area contributed by atoms with E-state index in [1.807, 2.05) is 30.3 Å². The Morgan fingerprint density at radius 1 is 1.17 bits per heavy atom. The van der Waals surface area contributed by atoms with Crippen LogP contribution in [-0.4, -0.2) is 13.0 Å². The number of hydrogen-bond donors (Lipinski definition) is 1. The molecule has 116 valence electrons. The first-order valence-electron chi connectivity index (χ1n) is 7.35. The van der Waals surface area contributed by atoms with Crippen LogP contribution in [0.5, 0.6) is 5.75 Å². The Morgan fingerprint density at radius 3 is 2.70 bits per heavy atom. The number of amides is 1. The van der Waals surface area contributed by atoms with Gasteiger partial charge in [-0.05, 0) is 29.1 Å². The topological polar surface area (TPSA) is 38.3 Å². The highest BCUT2D eigenvalue weighted by Crippen LogP contribution is 2.47. The van der Waals surface area contributed by atoms with Crippen LogP contribution in [0.25, 0.3) is 11.1 Å². The summed E-state index contributed by atoms with van der Waals surface area (Å²) >= 11 is 3.44. The zero-order chi connectivity index (χ0) is 15.8. The van der Waals surface area contributed by atoms with Gasteiger partial charge in [0, 0.05) is 33.0 Å². The lowest BCUT2D eigenvalue weighted by Gasteiger charge is -2.22. The Labute approximate surface area is 142 Å². The summed E-state index contributed by atoms with van der Waals surface area (Å²) < 4.78 is 5.22. The van der Waals surface area contributed by atoms with Gasteiger partial charge in [0.05, 0.1) is 12.8 Å². The molecule has 0 unspecified atom stereocenters. The Balaban J connectivity index is 1.78. The Bertz CT molecular complexity index is 835. The van der Waals surface area contributed by atoms with Crippen LogP contribution in [0.15, 0.2) is 47.2 Å². The minimum Gasteiger partial charge on any atom is -0.497 e. The highest BCUT2D eigenvalue weighted by Gasteiger charge is 2.30. The van der Waals surface area contributed by atoms with Crippen LogP contribution < -0.4 is 10.1 Å². The highest BCUT2D eigenvalue weighted by molar-refractivity contribution is 7.12. The van der Waals surface area contributed by atoms with Crippen LogP contribution in [0.1, 0.15) is 22.1 Å². The van der Waals surface area contributed by atoms with E-state index < -0.39 is 0 Å². The first kappa shape index (κ1) is 14.5.